The van der Waals surface area contributed by atoms with Crippen LogP contribution in [0.3, 0.4) is 0 Å². The second-order valence-corrected chi connectivity index (χ2v) is 15.8. The Bertz CT molecular complexity index is 349. The molecular weight excluding hydrogens is 284 g/mol. The fraction of sp³-hybridized carbons (Fsp3) is 0.800. The van der Waals surface area contributed by atoms with E-state index in [1.807, 2.05) is 5.70 Å². The first-order valence-corrected chi connectivity index (χ1v) is 13.2. The minimum Gasteiger partial charge on any atom is -0.478 e. The standard InChI is InChI=1S/C15H32O3Si2/c1-9-13(4)20(14(5)10-2,18-19(6,7)8)11-12(3)15(16)17/h11,13-14H,9-10H2,1-8H3,(H,16,17). The molecule has 1 N–H and O–H groups in total. The van der Waals surface area contributed by atoms with Crippen molar-refractivity contribution in [2.75, 3.05) is 0 Å². The second-order valence-electron chi connectivity index (χ2n) is 6.82. The van der Waals surface area contributed by atoms with Crippen molar-refractivity contribution in [1.82, 2.24) is 0 Å². The van der Waals surface area contributed by atoms with Gasteiger partial charge in [-0.1, -0.05) is 46.2 Å². The van der Waals surface area contributed by atoms with E-state index in [0.29, 0.717) is 16.7 Å². The van der Waals surface area contributed by atoms with Crippen LogP contribution in [-0.4, -0.2) is 27.7 Å². The van der Waals surface area contributed by atoms with Gasteiger partial charge in [0, 0.05) is 5.57 Å². The zero-order chi connectivity index (χ0) is 16.1. The molecule has 3 nitrogen and oxygen atoms in total. The fourth-order valence-corrected chi connectivity index (χ4v) is 12.3. The average Bonchev–Trinajstić information content (AvgIpc) is 2.33. The first kappa shape index (κ1) is 19.6. The van der Waals surface area contributed by atoms with E-state index in [2.05, 4.69) is 47.3 Å². The van der Waals surface area contributed by atoms with Crippen LogP contribution in [0.25, 0.3) is 0 Å². The van der Waals surface area contributed by atoms with E-state index in [1.54, 1.807) is 6.92 Å². The summed E-state index contributed by atoms with van der Waals surface area (Å²) in [7, 11) is -3.97. The number of carboxylic acid groups (broad SMARTS) is 1. The molecule has 0 saturated carbocycles. The van der Waals surface area contributed by atoms with E-state index in [1.165, 1.54) is 0 Å². The van der Waals surface area contributed by atoms with Gasteiger partial charge in [0.15, 0.2) is 8.32 Å². The van der Waals surface area contributed by atoms with Crippen LogP contribution in [0.5, 0.6) is 0 Å². The highest BCUT2D eigenvalue weighted by Gasteiger charge is 2.45. The number of carbonyl (C=O) groups is 1. The quantitative estimate of drug-likeness (QED) is 0.509. The molecule has 0 aromatic carbocycles. The fourth-order valence-electron chi connectivity index (χ4n) is 2.57. The molecule has 0 aliphatic heterocycles. The molecular formula is C15H32O3Si2. The topological polar surface area (TPSA) is 46.5 Å². The molecule has 0 heterocycles. The van der Waals surface area contributed by atoms with Gasteiger partial charge in [-0.2, -0.15) is 0 Å². The number of aliphatic carboxylic acids is 1. The van der Waals surface area contributed by atoms with Crippen molar-refractivity contribution in [2.45, 2.75) is 78.2 Å². The summed E-state index contributed by atoms with van der Waals surface area (Å²) in [4.78, 5) is 11.3. The largest absolute Gasteiger partial charge is 0.478 e. The summed E-state index contributed by atoms with van der Waals surface area (Å²) < 4.78 is 6.69. The third-order valence-electron chi connectivity index (χ3n) is 4.03. The molecule has 0 radical (unpaired) electrons. The van der Waals surface area contributed by atoms with Crippen LogP contribution in [0.2, 0.25) is 30.7 Å². The van der Waals surface area contributed by atoms with Gasteiger partial charge in [0.05, 0.1) is 0 Å². The van der Waals surface area contributed by atoms with E-state index in [4.69, 9.17) is 4.12 Å². The maximum Gasteiger partial charge on any atom is 0.330 e. The normalized spacial score (nSPS) is 19.3. The SMILES string of the molecule is CCC(C)[Si](C=C(C)C(=O)O)(O[Si](C)(C)C)C(C)CC. The smallest absolute Gasteiger partial charge is 0.330 e. The Kier molecular flexibility index (Phi) is 7.42. The van der Waals surface area contributed by atoms with E-state index in [-0.39, 0.29) is 0 Å². The molecule has 0 amide bonds. The highest BCUT2D eigenvalue weighted by Crippen LogP contribution is 2.41. The lowest BCUT2D eigenvalue weighted by molar-refractivity contribution is -0.132. The summed E-state index contributed by atoms with van der Waals surface area (Å²) in [6.45, 7) is 17.1. The Morgan fingerprint density at radius 1 is 1.15 bits per heavy atom. The second kappa shape index (κ2) is 7.57. The molecule has 0 aliphatic rings. The molecule has 0 aliphatic carbocycles. The van der Waals surface area contributed by atoms with Gasteiger partial charge in [0.2, 0.25) is 8.32 Å². The zero-order valence-corrected chi connectivity index (χ0v) is 16.4. The average molecular weight is 317 g/mol. The van der Waals surface area contributed by atoms with E-state index in [9.17, 15) is 9.90 Å². The van der Waals surface area contributed by atoms with Gasteiger partial charge >= 0.3 is 5.97 Å². The molecule has 2 atom stereocenters. The molecule has 2 unspecified atom stereocenters. The minimum absolute atomic E-state index is 0.429. The maximum absolute atomic E-state index is 11.3. The Morgan fingerprint density at radius 2 is 1.55 bits per heavy atom. The lowest BCUT2D eigenvalue weighted by Gasteiger charge is -2.43. The lowest BCUT2D eigenvalue weighted by Crippen LogP contribution is -2.52. The number of hydrogen-bond donors (Lipinski definition) is 1. The van der Waals surface area contributed by atoms with Crippen molar-refractivity contribution < 1.29 is 14.0 Å². The first-order valence-electron chi connectivity index (χ1n) is 7.63. The molecule has 0 aromatic heterocycles. The summed E-state index contributed by atoms with van der Waals surface area (Å²) >= 11 is 0. The summed E-state index contributed by atoms with van der Waals surface area (Å²) in [5.41, 5.74) is 3.31. The Labute approximate surface area is 126 Å². The van der Waals surface area contributed by atoms with Gasteiger partial charge in [-0.15, -0.1) is 0 Å². The van der Waals surface area contributed by atoms with Gasteiger partial charge < -0.3 is 9.22 Å². The van der Waals surface area contributed by atoms with E-state index >= 15 is 0 Å². The van der Waals surface area contributed by atoms with Crippen LogP contribution >= 0.6 is 0 Å². The van der Waals surface area contributed by atoms with Crippen molar-refractivity contribution in [3.05, 3.63) is 11.3 Å². The van der Waals surface area contributed by atoms with Gasteiger partial charge in [-0.05, 0) is 37.6 Å². The Hall–Kier alpha value is -0.396. The van der Waals surface area contributed by atoms with E-state index in [0.717, 1.165) is 12.8 Å². The molecule has 0 spiro atoms. The molecule has 20 heavy (non-hydrogen) atoms. The van der Waals surface area contributed by atoms with Crippen molar-refractivity contribution in [2.24, 2.45) is 0 Å². The number of hydrogen-bond acceptors (Lipinski definition) is 2. The maximum atomic E-state index is 11.3. The molecule has 0 bridgehead atoms. The zero-order valence-electron chi connectivity index (χ0n) is 14.4. The van der Waals surface area contributed by atoms with Crippen LogP contribution in [-0.2, 0) is 8.91 Å². The number of carboxylic acids is 1. The van der Waals surface area contributed by atoms with Crippen LogP contribution in [0, 0.1) is 0 Å². The van der Waals surface area contributed by atoms with E-state index < -0.39 is 22.6 Å². The summed E-state index contributed by atoms with van der Waals surface area (Å²) in [5, 5.41) is 9.26. The Morgan fingerprint density at radius 3 is 1.80 bits per heavy atom. The van der Waals surface area contributed by atoms with Crippen LogP contribution < -0.4 is 0 Å². The summed E-state index contributed by atoms with van der Waals surface area (Å²) in [6, 6.07) is 0. The first-order chi connectivity index (χ1) is 9.00. The van der Waals surface area contributed by atoms with Crippen LogP contribution in [0.4, 0.5) is 0 Å². The monoisotopic (exact) mass is 316 g/mol. The van der Waals surface area contributed by atoms with Gasteiger partial charge in [-0.3, -0.25) is 0 Å². The van der Waals surface area contributed by atoms with Crippen molar-refractivity contribution in [3.63, 3.8) is 0 Å². The molecule has 5 heteroatoms. The van der Waals surface area contributed by atoms with Gasteiger partial charge in [0.25, 0.3) is 0 Å². The predicted molar refractivity (Wildman–Crippen MR) is 91.0 cm³/mol. The lowest BCUT2D eigenvalue weighted by atomic mass is 10.3. The summed E-state index contributed by atoms with van der Waals surface area (Å²) in [6.07, 6.45) is 2.06. The molecule has 0 saturated heterocycles. The Balaban J connectivity index is 5.92. The highest BCUT2D eigenvalue weighted by molar-refractivity contribution is 6.90. The minimum atomic E-state index is -2.24. The molecule has 0 fully saturated rings. The van der Waals surface area contributed by atoms with Crippen molar-refractivity contribution in [1.29, 1.82) is 0 Å². The molecule has 0 aromatic rings. The number of rotatable bonds is 8. The van der Waals surface area contributed by atoms with Crippen LogP contribution in [0.15, 0.2) is 11.3 Å². The van der Waals surface area contributed by atoms with Gasteiger partial charge in [-0.25, -0.2) is 4.79 Å². The van der Waals surface area contributed by atoms with Gasteiger partial charge in [0.1, 0.15) is 0 Å². The molecule has 0 rings (SSSR count). The third kappa shape index (κ3) is 5.18. The summed E-state index contributed by atoms with van der Waals surface area (Å²) in [5.74, 6) is -0.826. The van der Waals surface area contributed by atoms with Crippen LogP contribution in [0.1, 0.15) is 47.5 Å². The third-order valence-corrected chi connectivity index (χ3v) is 12.7. The highest BCUT2D eigenvalue weighted by atomic mass is 28.4. The molecule has 118 valence electrons. The van der Waals surface area contributed by atoms with Crippen molar-refractivity contribution in [3.8, 4) is 0 Å². The predicted octanol–water partition coefficient (Wildman–Crippen LogP) is 4.95. The van der Waals surface area contributed by atoms with Crippen molar-refractivity contribution >= 4 is 22.6 Å².